The van der Waals surface area contributed by atoms with E-state index in [9.17, 15) is 9.59 Å². The molecule has 1 heterocycles. The van der Waals surface area contributed by atoms with E-state index in [1.54, 1.807) is 31.4 Å². The van der Waals surface area contributed by atoms with E-state index in [0.29, 0.717) is 23.5 Å². The maximum Gasteiger partial charge on any atom is 0.193 e. The third kappa shape index (κ3) is 4.05. The fourth-order valence-corrected chi connectivity index (χ4v) is 4.23. The summed E-state index contributed by atoms with van der Waals surface area (Å²) in [6, 6.07) is 19.0. The van der Waals surface area contributed by atoms with Gasteiger partial charge in [0.1, 0.15) is 5.75 Å². The first-order chi connectivity index (χ1) is 15.4. The van der Waals surface area contributed by atoms with Crippen molar-refractivity contribution in [3.05, 3.63) is 77.4 Å². The van der Waals surface area contributed by atoms with E-state index in [4.69, 9.17) is 4.74 Å². The van der Waals surface area contributed by atoms with E-state index in [1.165, 1.54) is 0 Å². The Bertz CT molecular complexity index is 1300. The number of carbonyl (C=O) groups excluding carboxylic acids is 2. The summed E-state index contributed by atoms with van der Waals surface area (Å²) in [6.45, 7) is 7.18. The minimum Gasteiger partial charge on any atom is -0.497 e. The summed E-state index contributed by atoms with van der Waals surface area (Å²) in [5.74, 6) is 1.36. The average molecular weight is 428 g/mol. The van der Waals surface area contributed by atoms with Crippen molar-refractivity contribution in [1.82, 2.24) is 4.57 Å². The van der Waals surface area contributed by atoms with Gasteiger partial charge in [0.15, 0.2) is 11.6 Å². The lowest BCUT2D eigenvalue weighted by Gasteiger charge is -2.06. The molecule has 0 N–H and O–H groups in total. The molecule has 0 aliphatic rings. The maximum absolute atomic E-state index is 13.1. The Morgan fingerprint density at radius 3 is 1.97 bits per heavy atom. The van der Waals surface area contributed by atoms with Crippen molar-refractivity contribution in [2.75, 3.05) is 7.11 Å². The minimum atomic E-state index is -0.0314. The molecule has 1 aromatic heterocycles. The van der Waals surface area contributed by atoms with Crippen molar-refractivity contribution < 1.29 is 14.3 Å². The fourth-order valence-electron chi connectivity index (χ4n) is 4.23. The van der Waals surface area contributed by atoms with E-state index < -0.39 is 0 Å². The number of rotatable bonds is 8. The molecule has 0 amide bonds. The van der Waals surface area contributed by atoms with Gasteiger partial charge in [-0.1, -0.05) is 13.8 Å². The molecular formula is C28H29NO3. The van der Waals surface area contributed by atoms with Gasteiger partial charge < -0.3 is 9.30 Å². The number of methoxy groups -OCH3 is 1. The predicted molar refractivity (Wildman–Crippen MR) is 130 cm³/mol. The maximum atomic E-state index is 13.1. The number of Topliss-reactive ketones (excluding diaryl/α,β-unsaturated/α-hetero) is 1. The fraction of sp³-hybridized carbons (Fsp3) is 0.286. The number of benzene rings is 3. The van der Waals surface area contributed by atoms with Gasteiger partial charge in [-0.05, 0) is 79.9 Å². The molecule has 164 valence electrons. The molecule has 32 heavy (non-hydrogen) atoms. The molecule has 0 aliphatic carbocycles. The second-order valence-electron chi connectivity index (χ2n) is 8.62. The number of hydrogen-bond donors (Lipinski definition) is 0. The zero-order chi connectivity index (χ0) is 22.8. The molecule has 0 atom stereocenters. The smallest absolute Gasteiger partial charge is 0.193 e. The Hall–Kier alpha value is -3.40. The summed E-state index contributed by atoms with van der Waals surface area (Å²) in [6.07, 6.45) is 1.44. The number of hydrogen-bond acceptors (Lipinski definition) is 3. The third-order valence-electron chi connectivity index (χ3n) is 6.07. The first-order valence-corrected chi connectivity index (χ1v) is 11.2. The van der Waals surface area contributed by atoms with Gasteiger partial charge in [0.05, 0.1) is 7.11 Å². The standard InChI is InChI=1S/C28H29NO3/c1-5-29-25-13-9-20(27(30)15-6-18(2)3)16-23(25)24-17-21(10-14-26(24)29)28(31)19-7-11-22(32-4)12-8-19/h7-14,16-18H,5-6,15H2,1-4H3. The Morgan fingerprint density at radius 2 is 1.41 bits per heavy atom. The number of ketones is 2. The zero-order valence-corrected chi connectivity index (χ0v) is 19.1. The molecule has 4 rings (SSSR count). The van der Waals surface area contributed by atoms with Crippen molar-refractivity contribution in [1.29, 1.82) is 0 Å². The highest BCUT2D eigenvalue weighted by Crippen LogP contribution is 2.32. The van der Waals surface area contributed by atoms with Crippen molar-refractivity contribution >= 4 is 33.4 Å². The van der Waals surface area contributed by atoms with Crippen LogP contribution in [0.5, 0.6) is 5.75 Å². The van der Waals surface area contributed by atoms with Gasteiger partial charge in [0, 0.05) is 51.5 Å². The molecule has 3 aromatic carbocycles. The van der Waals surface area contributed by atoms with Crippen molar-refractivity contribution in [2.45, 2.75) is 40.2 Å². The van der Waals surface area contributed by atoms with E-state index >= 15 is 0 Å². The summed E-state index contributed by atoms with van der Waals surface area (Å²) >= 11 is 0. The molecule has 0 spiro atoms. The number of aromatic nitrogens is 1. The van der Waals surface area contributed by atoms with Gasteiger partial charge in [0.2, 0.25) is 0 Å². The summed E-state index contributed by atoms with van der Waals surface area (Å²) in [4.78, 5) is 25.9. The van der Waals surface area contributed by atoms with Crippen LogP contribution in [0.3, 0.4) is 0 Å². The van der Waals surface area contributed by atoms with Crippen molar-refractivity contribution in [3.63, 3.8) is 0 Å². The highest BCUT2D eigenvalue weighted by molar-refractivity contribution is 6.15. The molecule has 4 heteroatoms. The largest absolute Gasteiger partial charge is 0.497 e. The molecule has 0 saturated heterocycles. The molecule has 0 unspecified atom stereocenters. The Morgan fingerprint density at radius 1 is 0.844 bits per heavy atom. The number of nitrogens with zero attached hydrogens (tertiary/aromatic N) is 1. The molecule has 4 nitrogen and oxygen atoms in total. The van der Waals surface area contributed by atoms with Gasteiger partial charge in [0.25, 0.3) is 0 Å². The van der Waals surface area contributed by atoms with Gasteiger partial charge in [-0.3, -0.25) is 9.59 Å². The molecule has 0 bridgehead atoms. The van der Waals surface area contributed by atoms with Crippen LogP contribution in [0.25, 0.3) is 21.8 Å². The number of carbonyl (C=O) groups is 2. The van der Waals surface area contributed by atoms with Crippen LogP contribution in [-0.4, -0.2) is 23.2 Å². The zero-order valence-electron chi connectivity index (χ0n) is 19.1. The topological polar surface area (TPSA) is 48.3 Å². The summed E-state index contributed by atoms with van der Waals surface area (Å²) in [5, 5.41) is 2.02. The van der Waals surface area contributed by atoms with E-state index in [2.05, 4.69) is 25.3 Å². The monoisotopic (exact) mass is 427 g/mol. The SMILES string of the molecule is CCn1c2ccc(C(=O)CCC(C)C)cc2c2cc(C(=O)c3ccc(OC)cc3)ccc21. The third-order valence-corrected chi connectivity index (χ3v) is 6.07. The molecule has 0 aliphatic heterocycles. The number of fused-ring (bicyclic) bond motifs is 3. The molecule has 0 radical (unpaired) electrons. The Balaban J connectivity index is 1.79. The highest BCUT2D eigenvalue weighted by Gasteiger charge is 2.16. The quantitative estimate of drug-likeness (QED) is 0.295. The lowest BCUT2D eigenvalue weighted by Crippen LogP contribution is -2.01. The molecular weight excluding hydrogens is 398 g/mol. The van der Waals surface area contributed by atoms with Gasteiger partial charge in [-0.15, -0.1) is 0 Å². The molecule has 0 saturated carbocycles. The minimum absolute atomic E-state index is 0.0314. The van der Waals surface area contributed by atoms with Crippen LogP contribution in [0.2, 0.25) is 0 Å². The van der Waals surface area contributed by atoms with E-state index in [0.717, 1.165) is 46.1 Å². The lowest BCUT2D eigenvalue weighted by molar-refractivity contribution is 0.0974. The summed E-state index contributed by atoms with van der Waals surface area (Å²) < 4.78 is 7.43. The molecule has 4 aromatic rings. The van der Waals surface area contributed by atoms with E-state index in [1.807, 2.05) is 36.4 Å². The van der Waals surface area contributed by atoms with Crippen molar-refractivity contribution in [3.8, 4) is 5.75 Å². The average Bonchev–Trinajstić information content (AvgIpc) is 3.14. The predicted octanol–water partition coefficient (Wildman–Crippen LogP) is 6.67. The summed E-state index contributed by atoms with van der Waals surface area (Å²) in [7, 11) is 1.61. The van der Waals surface area contributed by atoms with Gasteiger partial charge in [-0.2, -0.15) is 0 Å². The molecule has 0 fully saturated rings. The van der Waals surface area contributed by atoms with Crippen LogP contribution in [-0.2, 0) is 6.54 Å². The van der Waals surface area contributed by atoms with Crippen LogP contribution in [0.4, 0.5) is 0 Å². The number of aryl methyl sites for hydroxylation is 1. The van der Waals surface area contributed by atoms with Crippen LogP contribution < -0.4 is 4.74 Å². The second-order valence-corrected chi connectivity index (χ2v) is 8.62. The normalized spacial score (nSPS) is 11.4. The second kappa shape index (κ2) is 8.99. The Kier molecular flexibility index (Phi) is 6.13. The van der Waals surface area contributed by atoms with Gasteiger partial charge >= 0.3 is 0 Å². The Labute approximate surface area is 188 Å². The first-order valence-electron chi connectivity index (χ1n) is 11.2. The van der Waals surface area contributed by atoms with Crippen molar-refractivity contribution in [2.24, 2.45) is 5.92 Å². The number of ether oxygens (including phenoxy) is 1. The lowest BCUT2D eigenvalue weighted by atomic mass is 9.98. The van der Waals surface area contributed by atoms with Gasteiger partial charge in [-0.25, -0.2) is 0 Å². The highest BCUT2D eigenvalue weighted by atomic mass is 16.5. The van der Waals surface area contributed by atoms with Crippen LogP contribution in [0, 0.1) is 5.92 Å². The van der Waals surface area contributed by atoms with Crippen LogP contribution in [0.15, 0.2) is 60.7 Å². The first kappa shape index (κ1) is 21.8. The van der Waals surface area contributed by atoms with Crippen LogP contribution >= 0.6 is 0 Å². The van der Waals surface area contributed by atoms with E-state index in [-0.39, 0.29) is 11.6 Å². The van der Waals surface area contributed by atoms with Crippen LogP contribution in [0.1, 0.15) is 59.9 Å². The summed E-state index contributed by atoms with van der Waals surface area (Å²) in [5.41, 5.74) is 4.14.